The van der Waals surface area contributed by atoms with Crippen LogP contribution in [0.2, 0.25) is 0 Å². The van der Waals surface area contributed by atoms with Gasteiger partial charge in [-0.3, -0.25) is 4.79 Å². The van der Waals surface area contributed by atoms with Crippen molar-refractivity contribution < 1.29 is 14.5 Å². The maximum absolute atomic E-state index is 13.0. The van der Waals surface area contributed by atoms with Crippen molar-refractivity contribution in [1.82, 2.24) is 0 Å². The predicted molar refractivity (Wildman–Crippen MR) is 87.4 cm³/mol. The molecule has 1 saturated carbocycles. The fourth-order valence-electron chi connectivity index (χ4n) is 4.92. The lowest BCUT2D eigenvalue weighted by molar-refractivity contribution is -0.844. The lowest BCUT2D eigenvalue weighted by Gasteiger charge is -2.20. The molecule has 2 heterocycles. The second-order valence-electron chi connectivity index (χ2n) is 6.97. The summed E-state index contributed by atoms with van der Waals surface area (Å²) in [5.41, 5.74) is 1.17. The van der Waals surface area contributed by atoms with Crippen LogP contribution in [0.15, 0.2) is 36.4 Å². The Bertz CT molecular complexity index is 917. The first kappa shape index (κ1) is 13.7. The van der Waals surface area contributed by atoms with Crippen LogP contribution in [0.3, 0.4) is 0 Å². The molecule has 24 heavy (non-hydrogen) atoms. The Morgan fingerprint density at radius 1 is 1.08 bits per heavy atom. The SMILES string of the molecule is N#Cc1ccc(N2C(=O)[C@H]3C4CCC(C4)[NH+]3C2=O)c2ccccc12. The Morgan fingerprint density at radius 2 is 1.88 bits per heavy atom. The van der Waals surface area contributed by atoms with E-state index in [0.29, 0.717) is 23.2 Å². The number of nitrogens with zero attached hydrogens (tertiary/aromatic N) is 2. The Balaban J connectivity index is 1.68. The molecule has 4 atom stereocenters. The molecule has 5 heteroatoms. The molecule has 118 valence electrons. The molecule has 3 fully saturated rings. The maximum Gasteiger partial charge on any atom is 0.429 e. The van der Waals surface area contributed by atoms with E-state index >= 15 is 0 Å². The molecule has 2 aromatic rings. The fourth-order valence-corrected chi connectivity index (χ4v) is 4.92. The van der Waals surface area contributed by atoms with Crippen molar-refractivity contribution in [3.63, 3.8) is 0 Å². The number of hydrogen-bond donors (Lipinski definition) is 1. The molecule has 2 aromatic carbocycles. The Kier molecular flexibility index (Phi) is 2.66. The largest absolute Gasteiger partial charge is 0.429 e. The number of carbonyl (C=O) groups is 2. The van der Waals surface area contributed by atoms with Gasteiger partial charge >= 0.3 is 6.03 Å². The van der Waals surface area contributed by atoms with Crippen LogP contribution >= 0.6 is 0 Å². The average Bonchev–Trinajstić information content (AvgIpc) is 3.28. The summed E-state index contributed by atoms with van der Waals surface area (Å²) in [6.45, 7) is 0. The number of urea groups is 1. The summed E-state index contributed by atoms with van der Waals surface area (Å²) < 4.78 is 0. The highest BCUT2D eigenvalue weighted by Gasteiger charge is 2.64. The summed E-state index contributed by atoms with van der Waals surface area (Å²) >= 11 is 0. The monoisotopic (exact) mass is 318 g/mol. The quantitative estimate of drug-likeness (QED) is 0.813. The minimum atomic E-state index is -0.203. The molecule has 5 nitrogen and oxygen atoms in total. The number of rotatable bonds is 1. The van der Waals surface area contributed by atoms with Gasteiger partial charge in [-0.1, -0.05) is 24.3 Å². The van der Waals surface area contributed by atoms with E-state index in [1.165, 1.54) is 4.90 Å². The number of nitrogens with one attached hydrogen (secondary N) is 1. The van der Waals surface area contributed by atoms with Gasteiger partial charge in [0.05, 0.1) is 23.4 Å². The molecule has 1 aliphatic carbocycles. The van der Waals surface area contributed by atoms with Crippen LogP contribution in [0.5, 0.6) is 0 Å². The highest BCUT2D eigenvalue weighted by molar-refractivity contribution is 6.21. The third-order valence-electron chi connectivity index (χ3n) is 5.92. The van der Waals surface area contributed by atoms with Crippen LogP contribution < -0.4 is 9.80 Å². The lowest BCUT2D eigenvalue weighted by atomic mass is 9.98. The molecule has 0 spiro atoms. The summed E-state index contributed by atoms with van der Waals surface area (Å²) in [6.07, 6.45) is 3.09. The number of benzene rings is 2. The smallest absolute Gasteiger partial charge is 0.267 e. The summed E-state index contributed by atoms with van der Waals surface area (Å²) in [5, 5.41) is 10.9. The molecule has 2 saturated heterocycles. The summed E-state index contributed by atoms with van der Waals surface area (Å²) in [7, 11) is 0. The summed E-state index contributed by atoms with van der Waals surface area (Å²) in [5.74, 6) is 0.271. The topological polar surface area (TPSA) is 65.6 Å². The van der Waals surface area contributed by atoms with Gasteiger partial charge < -0.3 is 0 Å². The zero-order chi connectivity index (χ0) is 16.4. The van der Waals surface area contributed by atoms with E-state index in [0.717, 1.165) is 34.9 Å². The number of piperidine rings is 1. The predicted octanol–water partition coefficient (Wildman–Crippen LogP) is 1.61. The van der Waals surface area contributed by atoms with Crippen LogP contribution in [0.1, 0.15) is 24.8 Å². The lowest BCUT2D eigenvalue weighted by Crippen LogP contribution is -3.18. The molecular weight excluding hydrogens is 302 g/mol. The van der Waals surface area contributed by atoms with Crippen molar-refractivity contribution in [2.24, 2.45) is 5.92 Å². The number of imide groups is 1. The molecule has 3 unspecified atom stereocenters. The van der Waals surface area contributed by atoms with Crippen molar-refractivity contribution >= 4 is 28.4 Å². The van der Waals surface area contributed by atoms with Crippen molar-refractivity contribution in [2.75, 3.05) is 4.90 Å². The van der Waals surface area contributed by atoms with Crippen LogP contribution in [-0.2, 0) is 4.79 Å². The van der Waals surface area contributed by atoms with E-state index < -0.39 is 0 Å². The van der Waals surface area contributed by atoms with Gasteiger partial charge in [-0.25, -0.2) is 9.69 Å². The Labute approximate surface area is 139 Å². The molecule has 2 bridgehead atoms. The fraction of sp³-hybridized carbons (Fsp3) is 0.316. The number of quaternary nitrogens is 1. The van der Waals surface area contributed by atoms with Crippen LogP contribution in [-0.4, -0.2) is 24.0 Å². The normalized spacial score (nSPS) is 30.9. The summed E-state index contributed by atoms with van der Waals surface area (Å²) in [6, 6.07) is 13.1. The van der Waals surface area contributed by atoms with Gasteiger partial charge in [-0.15, -0.1) is 0 Å². The molecule has 3 amide bonds. The number of fused-ring (bicyclic) bond motifs is 6. The zero-order valence-electron chi connectivity index (χ0n) is 13.0. The van der Waals surface area contributed by atoms with E-state index in [2.05, 4.69) is 6.07 Å². The number of hydrogen-bond acceptors (Lipinski definition) is 3. The standard InChI is InChI=1S/C19H15N3O2/c20-10-12-6-8-16(15-4-2-1-3-14(12)15)22-18(23)17-11-5-7-13(9-11)21(17)19(22)24/h1-4,6,8,11,13,17H,5,7,9H2/p+1/t11?,13?,17-/m1/s1. The molecule has 5 rings (SSSR count). The first-order valence-electron chi connectivity index (χ1n) is 8.37. The number of anilines is 1. The second kappa shape index (κ2) is 4.65. The van der Waals surface area contributed by atoms with E-state index in [1.807, 2.05) is 24.3 Å². The second-order valence-corrected chi connectivity index (χ2v) is 6.97. The van der Waals surface area contributed by atoms with Crippen LogP contribution in [0, 0.1) is 17.2 Å². The molecule has 2 aliphatic heterocycles. The first-order valence-corrected chi connectivity index (χ1v) is 8.37. The van der Waals surface area contributed by atoms with Crippen molar-refractivity contribution in [1.29, 1.82) is 5.26 Å². The molecular formula is C19H16N3O2+. The third kappa shape index (κ3) is 1.56. The minimum Gasteiger partial charge on any atom is -0.267 e. The number of carbonyl (C=O) groups excluding carboxylic acids is 2. The zero-order valence-corrected chi connectivity index (χ0v) is 13.0. The van der Waals surface area contributed by atoms with Crippen LogP contribution in [0.25, 0.3) is 10.8 Å². The Morgan fingerprint density at radius 3 is 2.62 bits per heavy atom. The molecule has 1 N–H and O–H groups in total. The van der Waals surface area contributed by atoms with Gasteiger partial charge in [-0.2, -0.15) is 10.2 Å². The van der Waals surface area contributed by atoms with Crippen LogP contribution in [0.4, 0.5) is 10.5 Å². The van der Waals surface area contributed by atoms with Gasteiger partial charge in [0.25, 0.3) is 5.91 Å². The highest BCUT2D eigenvalue weighted by atomic mass is 16.2. The third-order valence-corrected chi connectivity index (χ3v) is 5.92. The number of nitriles is 1. The van der Waals surface area contributed by atoms with Crippen molar-refractivity contribution in [2.45, 2.75) is 31.3 Å². The van der Waals surface area contributed by atoms with Crippen molar-refractivity contribution in [3.8, 4) is 6.07 Å². The van der Waals surface area contributed by atoms with Gasteiger partial charge in [0.15, 0.2) is 6.04 Å². The van der Waals surface area contributed by atoms with Gasteiger partial charge in [0.1, 0.15) is 0 Å². The first-order chi connectivity index (χ1) is 11.7. The highest BCUT2D eigenvalue weighted by Crippen LogP contribution is 2.38. The molecule has 0 aromatic heterocycles. The van der Waals surface area contributed by atoms with Crippen molar-refractivity contribution in [3.05, 3.63) is 42.0 Å². The number of amides is 3. The average molecular weight is 318 g/mol. The van der Waals surface area contributed by atoms with E-state index in [1.54, 1.807) is 12.1 Å². The van der Waals surface area contributed by atoms with E-state index in [9.17, 15) is 14.9 Å². The summed E-state index contributed by atoms with van der Waals surface area (Å²) in [4.78, 5) is 28.2. The Hall–Kier alpha value is -2.71. The van der Waals surface area contributed by atoms with E-state index in [-0.39, 0.29) is 18.0 Å². The molecule has 3 aliphatic rings. The molecule has 0 radical (unpaired) electrons. The van der Waals surface area contributed by atoms with Gasteiger partial charge in [-0.05, 0) is 18.6 Å². The van der Waals surface area contributed by atoms with Gasteiger partial charge in [0.2, 0.25) is 0 Å². The maximum atomic E-state index is 13.0. The van der Waals surface area contributed by atoms with E-state index in [4.69, 9.17) is 0 Å². The van der Waals surface area contributed by atoms with Gasteiger partial charge in [0, 0.05) is 29.5 Å². The minimum absolute atomic E-state index is 0.0722.